The van der Waals surface area contributed by atoms with Gasteiger partial charge in [0.05, 0.1) is 5.75 Å². The van der Waals surface area contributed by atoms with Crippen molar-refractivity contribution in [1.29, 1.82) is 0 Å². The number of carbonyl (C=O) groups excluding carboxylic acids is 1. The highest BCUT2D eigenvalue weighted by molar-refractivity contribution is 7.99. The summed E-state index contributed by atoms with van der Waals surface area (Å²) >= 11 is 1.42. The van der Waals surface area contributed by atoms with Crippen LogP contribution in [0.1, 0.15) is 12.8 Å². The Balaban J connectivity index is 1.51. The first kappa shape index (κ1) is 15.3. The molecule has 0 N–H and O–H groups in total. The molecule has 1 aliphatic heterocycles. The molecule has 1 amide bonds. The quantitative estimate of drug-likeness (QED) is 0.682. The molecule has 0 unspecified atom stereocenters. The number of para-hydroxylation sites is 1. The fraction of sp³-hybridized carbons (Fsp3) is 0.353. The normalized spacial score (nSPS) is 14.6. The summed E-state index contributed by atoms with van der Waals surface area (Å²) in [7, 11) is 1.89. The van der Waals surface area contributed by atoms with Gasteiger partial charge < -0.3 is 13.9 Å². The number of likely N-dealkylation sites (tertiary alicyclic amines) is 1. The summed E-state index contributed by atoms with van der Waals surface area (Å²) in [5.41, 5.74) is 0.828. The Bertz CT molecular complexity index is 847. The molecular weight excluding hydrogens is 324 g/mol. The lowest BCUT2D eigenvalue weighted by Gasteiger charge is -2.14. The molecule has 4 rings (SSSR count). The zero-order chi connectivity index (χ0) is 16.5. The van der Waals surface area contributed by atoms with Crippen LogP contribution in [0, 0.1) is 0 Å². The van der Waals surface area contributed by atoms with E-state index in [9.17, 15) is 4.79 Å². The molecule has 0 radical (unpaired) electrons. The zero-order valence-electron chi connectivity index (χ0n) is 13.4. The standard InChI is InChI=1S/C17H18N4O2S/c1-20-16(14-10-12-6-2-3-7-13(12)23-14)18-19-17(20)24-11-15(22)21-8-4-5-9-21/h2-3,6-7,10H,4-5,8-9,11H2,1H3. The maximum absolute atomic E-state index is 12.2. The van der Waals surface area contributed by atoms with Crippen molar-refractivity contribution >= 4 is 28.6 Å². The molecule has 7 heteroatoms. The molecule has 1 saturated heterocycles. The maximum Gasteiger partial charge on any atom is 0.233 e. The van der Waals surface area contributed by atoms with Crippen LogP contribution in [0.5, 0.6) is 0 Å². The minimum absolute atomic E-state index is 0.172. The highest BCUT2D eigenvalue weighted by Crippen LogP contribution is 2.28. The molecule has 0 spiro atoms. The molecule has 1 aromatic carbocycles. The van der Waals surface area contributed by atoms with Crippen molar-refractivity contribution in [3.05, 3.63) is 30.3 Å². The Morgan fingerprint density at radius 3 is 2.83 bits per heavy atom. The summed E-state index contributed by atoms with van der Waals surface area (Å²) in [5, 5.41) is 10.2. The number of hydrogen-bond acceptors (Lipinski definition) is 5. The average molecular weight is 342 g/mol. The number of aromatic nitrogens is 3. The van der Waals surface area contributed by atoms with Gasteiger partial charge in [-0.1, -0.05) is 30.0 Å². The largest absolute Gasteiger partial charge is 0.453 e. The monoisotopic (exact) mass is 342 g/mol. The van der Waals surface area contributed by atoms with Crippen LogP contribution in [0.15, 0.2) is 39.9 Å². The predicted octanol–water partition coefficient (Wildman–Crippen LogP) is 2.94. The van der Waals surface area contributed by atoms with Gasteiger partial charge in [-0.25, -0.2) is 0 Å². The first-order chi connectivity index (χ1) is 11.7. The lowest BCUT2D eigenvalue weighted by molar-refractivity contribution is -0.127. The summed E-state index contributed by atoms with van der Waals surface area (Å²) in [6.07, 6.45) is 2.22. The minimum atomic E-state index is 0.172. The van der Waals surface area contributed by atoms with E-state index in [1.54, 1.807) is 0 Å². The van der Waals surface area contributed by atoms with Gasteiger partial charge in [0.15, 0.2) is 16.7 Å². The second-order valence-corrected chi connectivity index (χ2v) is 6.83. The molecule has 1 fully saturated rings. The lowest BCUT2D eigenvalue weighted by atomic mass is 10.2. The van der Waals surface area contributed by atoms with Crippen LogP contribution in [0.2, 0.25) is 0 Å². The van der Waals surface area contributed by atoms with Crippen LogP contribution >= 0.6 is 11.8 Å². The van der Waals surface area contributed by atoms with Crippen molar-refractivity contribution in [2.75, 3.05) is 18.8 Å². The molecule has 124 valence electrons. The highest BCUT2D eigenvalue weighted by atomic mass is 32.2. The fourth-order valence-corrected chi connectivity index (χ4v) is 3.75. The van der Waals surface area contributed by atoms with Gasteiger partial charge in [0, 0.05) is 25.5 Å². The first-order valence-corrected chi connectivity index (χ1v) is 9.00. The van der Waals surface area contributed by atoms with E-state index in [2.05, 4.69) is 10.2 Å². The fourth-order valence-electron chi connectivity index (χ4n) is 2.93. The van der Waals surface area contributed by atoms with Crippen molar-refractivity contribution in [3.63, 3.8) is 0 Å². The third-order valence-electron chi connectivity index (χ3n) is 4.26. The van der Waals surface area contributed by atoms with Crippen LogP contribution < -0.4 is 0 Å². The second-order valence-electron chi connectivity index (χ2n) is 5.89. The predicted molar refractivity (Wildman–Crippen MR) is 92.7 cm³/mol. The number of fused-ring (bicyclic) bond motifs is 1. The van der Waals surface area contributed by atoms with Crippen LogP contribution in [-0.4, -0.2) is 44.4 Å². The molecule has 3 heterocycles. The van der Waals surface area contributed by atoms with Gasteiger partial charge in [-0.05, 0) is 25.0 Å². The molecule has 0 aliphatic carbocycles. The van der Waals surface area contributed by atoms with E-state index in [4.69, 9.17) is 4.42 Å². The van der Waals surface area contributed by atoms with Crippen molar-refractivity contribution in [3.8, 4) is 11.6 Å². The van der Waals surface area contributed by atoms with Gasteiger partial charge in [0.2, 0.25) is 5.91 Å². The number of amides is 1. The van der Waals surface area contributed by atoms with E-state index in [0.29, 0.717) is 17.3 Å². The molecule has 24 heavy (non-hydrogen) atoms. The third-order valence-corrected chi connectivity index (χ3v) is 5.27. The molecule has 6 nitrogen and oxygen atoms in total. The van der Waals surface area contributed by atoms with Gasteiger partial charge in [0.25, 0.3) is 0 Å². The highest BCUT2D eigenvalue weighted by Gasteiger charge is 2.20. The van der Waals surface area contributed by atoms with E-state index < -0.39 is 0 Å². The second kappa shape index (κ2) is 6.32. The molecular formula is C17H18N4O2S. The van der Waals surface area contributed by atoms with Crippen LogP contribution in [0.25, 0.3) is 22.6 Å². The number of rotatable bonds is 4. The van der Waals surface area contributed by atoms with Gasteiger partial charge >= 0.3 is 0 Å². The Kier molecular flexibility index (Phi) is 4.02. The number of carbonyl (C=O) groups is 1. The summed E-state index contributed by atoms with van der Waals surface area (Å²) in [4.78, 5) is 14.1. The number of thioether (sulfide) groups is 1. The lowest BCUT2D eigenvalue weighted by Crippen LogP contribution is -2.29. The Labute approximate surface area is 143 Å². The molecule has 0 bridgehead atoms. The van der Waals surface area contributed by atoms with Gasteiger partial charge in [0.1, 0.15) is 5.58 Å². The first-order valence-electron chi connectivity index (χ1n) is 8.01. The van der Waals surface area contributed by atoms with Crippen molar-refractivity contribution in [2.24, 2.45) is 7.05 Å². The molecule has 2 aromatic heterocycles. The SMILES string of the molecule is Cn1c(SCC(=O)N2CCCC2)nnc1-c1cc2ccccc2o1. The minimum Gasteiger partial charge on any atom is -0.453 e. The molecule has 0 saturated carbocycles. The number of benzene rings is 1. The summed E-state index contributed by atoms with van der Waals surface area (Å²) in [5.74, 6) is 1.92. The van der Waals surface area contributed by atoms with Gasteiger partial charge in [-0.2, -0.15) is 0 Å². The third kappa shape index (κ3) is 2.80. The van der Waals surface area contributed by atoms with E-state index in [1.165, 1.54) is 11.8 Å². The van der Waals surface area contributed by atoms with Gasteiger partial charge in [-0.15, -0.1) is 10.2 Å². The number of furan rings is 1. The van der Waals surface area contributed by atoms with Crippen LogP contribution in [-0.2, 0) is 11.8 Å². The molecule has 0 atom stereocenters. The maximum atomic E-state index is 12.2. The molecule has 1 aliphatic rings. The Morgan fingerprint density at radius 1 is 1.25 bits per heavy atom. The summed E-state index contributed by atoms with van der Waals surface area (Å²) in [6, 6.07) is 9.81. The van der Waals surface area contributed by atoms with Crippen molar-refractivity contribution in [2.45, 2.75) is 18.0 Å². The van der Waals surface area contributed by atoms with Crippen molar-refractivity contribution in [1.82, 2.24) is 19.7 Å². The number of hydrogen-bond donors (Lipinski definition) is 0. The summed E-state index contributed by atoms with van der Waals surface area (Å²) < 4.78 is 7.72. The molecule has 3 aromatic rings. The van der Waals surface area contributed by atoms with E-state index in [1.807, 2.05) is 46.8 Å². The summed E-state index contributed by atoms with van der Waals surface area (Å²) in [6.45, 7) is 1.75. The van der Waals surface area contributed by atoms with E-state index >= 15 is 0 Å². The van der Waals surface area contributed by atoms with Crippen LogP contribution in [0.4, 0.5) is 0 Å². The Hall–Kier alpha value is -2.28. The van der Waals surface area contributed by atoms with Crippen molar-refractivity contribution < 1.29 is 9.21 Å². The van der Waals surface area contributed by atoms with Gasteiger partial charge in [-0.3, -0.25) is 4.79 Å². The topological polar surface area (TPSA) is 64.2 Å². The van der Waals surface area contributed by atoms with E-state index in [0.717, 1.165) is 42.1 Å². The average Bonchev–Trinajstić information content (AvgIpc) is 3.32. The van der Waals surface area contributed by atoms with E-state index in [-0.39, 0.29) is 5.91 Å². The Morgan fingerprint density at radius 2 is 2.04 bits per heavy atom. The smallest absolute Gasteiger partial charge is 0.233 e. The number of nitrogens with zero attached hydrogens (tertiary/aromatic N) is 4. The zero-order valence-corrected chi connectivity index (χ0v) is 14.3. The van der Waals surface area contributed by atoms with Crippen LogP contribution in [0.3, 0.4) is 0 Å².